The summed E-state index contributed by atoms with van der Waals surface area (Å²) >= 11 is 0. The molecule has 9 heteroatoms. The molecule has 0 bridgehead atoms. The van der Waals surface area contributed by atoms with Crippen LogP contribution in [0.4, 0.5) is 0 Å². The van der Waals surface area contributed by atoms with Gasteiger partial charge in [-0.15, -0.1) is 10.2 Å². The number of nitrogens with zero attached hydrogens (tertiary/aromatic N) is 5. The van der Waals surface area contributed by atoms with Crippen LogP contribution in [0.25, 0.3) is 11.5 Å². The van der Waals surface area contributed by atoms with Crippen LogP contribution >= 0.6 is 0 Å². The monoisotopic (exact) mass is 399 g/mol. The summed E-state index contributed by atoms with van der Waals surface area (Å²) in [5, 5.41) is 7.50. The van der Waals surface area contributed by atoms with Crippen LogP contribution < -0.4 is 4.74 Å². The van der Waals surface area contributed by atoms with Crippen LogP contribution in [0, 0.1) is 0 Å². The minimum atomic E-state index is -0.0449. The van der Waals surface area contributed by atoms with E-state index in [0.717, 1.165) is 31.5 Å². The Bertz CT molecular complexity index is 810. The summed E-state index contributed by atoms with van der Waals surface area (Å²) < 4.78 is 10.8. The maximum Gasteiger partial charge on any atom is 0.260 e. The number of likely N-dealkylation sites (tertiary alicyclic amines) is 1. The van der Waals surface area contributed by atoms with Crippen molar-refractivity contribution in [2.75, 3.05) is 52.4 Å². The van der Waals surface area contributed by atoms with Crippen molar-refractivity contribution in [2.24, 2.45) is 0 Å². The van der Waals surface area contributed by atoms with Crippen molar-refractivity contribution in [3.05, 3.63) is 30.7 Å². The number of benzene rings is 1. The van der Waals surface area contributed by atoms with Gasteiger partial charge in [-0.05, 0) is 37.1 Å². The average Bonchev–Trinajstić information content (AvgIpc) is 3.47. The van der Waals surface area contributed by atoms with Crippen LogP contribution in [0.5, 0.6) is 5.75 Å². The number of carbonyl (C=O) groups excluding carboxylic acids is 2. The third kappa shape index (κ3) is 4.92. The minimum Gasteiger partial charge on any atom is -0.484 e. The van der Waals surface area contributed by atoms with Crippen molar-refractivity contribution in [1.29, 1.82) is 0 Å². The molecule has 0 atom stereocenters. The molecule has 1 aromatic carbocycles. The third-order valence-electron chi connectivity index (χ3n) is 5.37. The number of amides is 2. The number of rotatable bonds is 6. The van der Waals surface area contributed by atoms with Crippen molar-refractivity contribution in [1.82, 2.24) is 24.9 Å². The first-order valence-electron chi connectivity index (χ1n) is 9.96. The molecule has 4 rings (SSSR count). The van der Waals surface area contributed by atoms with Gasteiger partial charge in [0.05, 0.1) is 6.54 Å². The average molecular weight is 399 g/mol. The predicted molar refractivity (Wildman–Crippen MR) is 104 cm³/mol. The molecule has 9 nitrogen and oxygen atoms in total. The summed E-state index contributed by atoms with van der Waals surface area (Å²) in [6, 6.07) is 7.16. The minimum absolute atomic E-state index is 0.00733. The zero-order valence-electron chi connectivity index (χ0n) is 16.3. The van der Waals surface area contributed by atoms with Gasteiger partial charge in [0.2, 0.25) is 18.2 Å². The quantitative estimate of drug-likeness (QED) is 0.712. The fourth-order valence-corrected chi connectivity index (χ4v) is 3.64. The molecule has 2 amide bonds. The summed E-state index contributed by atoms with van der Waals surface area (Å²) in [5.74, 6) is 1.20. The van der Waals surface area contributed by atoms with Crippen LogP contribution in [0.2, 0.25) is 0 Å². The lowest BCUT2D eigenvalue weighted by molar-refractivity contribution is -0.136. The van der Waals surface area contributed by atoms with E-state index in [1.165, 1.54) is 6.39 Å². The zero-order chi connectivity index (χ0) is 20.1. The highest BCUT2D eigenvalue weighted by atomic mass is 16.5. The zero-order valence-corrected chi connectivity index (χ0v) is 16.3. The van der Waals surface area contributed by atoms with E-state index in [9.17, 15) is 9.59 Å². The number of aromatic nitrogens is 2. The summed E-state index contributed by atoms with van der Waals surface area (Å²) in [7, 11) is 0. The van der Waals surface area contributed by atoms with Gasteiger partial charge in [-0.3, -0.25) is 14.5 Å². The van der Waals surface area contributed by atoms with E-state index in [-0.39, 0.29) is 18.4 Å². The molecule has 2 aliphatic heterocycles. The topological polar surface area (TPSA) is 92.0 Å². The lowest BCUT2D eigenvalue weighted by Gasteiger charge is -2.35. The molecule has 0 N–H and O–H groups in total. The highest BCUT2D eigenvalue weighted by Crippen LogP contribution is 2.20. The van der Waals surface area contributed by atoms with Gasteiger partial charge in [-0.1, -0.05) is 0 Å². The Morgan fingerprint density at radius 2 is 1.62 bits per heavy atom. The van der Waals surface area contributed by atoms with E-state index >= 15 is 0 Å². The van der Waals surface area contributed by atoms with Crippen molar-refractivity contribution < 1.29 is 18.7 Å². The third-order valence-corrected chi connectivity index (χ3v) is 5.37. The van der Waals surface area contributed by atoms with E-state index in [4.69, 9.17) is 9.15 Å². The van der Waals surface area contributed by atoms with Gasteiger partial charge in [0.15, 0.2) is 6.61 Å². The lowest BCUT2D eigenvalue weighted by Crippen LogP contribution is -2.52. The molecule has 2 aliphatic rings. The van der Waals surface area contributed by atoms with Gasteiger partial charge in [-0.25, -0.2) is 0 Å². The van der Waals surface area contributed by atoms with Crippen LogP contribution in [0.15, 0.2) is 35.1 Å². The molecular weight excluding hydrogens is 374 g/mol. The van der Waals surface area contributed by atoms with Gasteiger partial charge in [0.1, 0.15) is 5.75 Å². The van der Waals surface area contributed by atoms with Crippen LogP contribution in [0.1, 0.15) is 12.8 Å². The number of carbonyl (C=O) groups is 2. The smallest absolute Gasteiger partial charge is 0.260 e. The van der Waals surface area contributed by atoms with Crippen LogP contribution in [-0.2, 0) is 9.59 Å². The van der Waals surface area contributed by atoms with Gasteiger partial charge < -0.3 is 19.0 Å². The fraction of sp³-hybridized carbons (Fsp3) is 0.500. The molecule has 0 spiro atoms. The molecular formula is C20H25N5O4. The molecule has 154 valence electrons. The Labute approximate surface area is 169 Å². The molecule has 2 fully saturated rings. The van der Waals surface area contributed by atoms with Crippen molar-refractivity contribution in [3.8, 4) is 17.2 Å². The lowest BCUT2D eigenvalue weighted by atomic mass is 10.2. The van der Waals surface area contributed by atoms with Gasteiger partial charge in [0, 0.05) is 44.8 Å². The molecule has 0 radical (unpaired) electrons. The van der Waals surface area contributed by atoms with Gasteiger partial charge in [-0.2, -0.15) is 0 Å². The number of ether oxygens (including phenoxy) is 1. The van der Waals surface area contributed by atoms with Gasteiger partial charge >= 0.3 is 0 Å². The van der Waals surface area contributed by atoms with E-state index in [2.05, 4.69) is 15.1 Å². The maximum absolute atomic E-state index is 12.4. The van der Waals surface area contributed by atoms with E-state index < -0.39 is 0 Å². The van der Waals surface area contributed by atoms with Crippen molar-refractivity contribution in [3.63, 3.8) is 0 Å². The standard InChI is InChI=1S/C20H25N5O4/c26-18(24-7-1-2-8-24)13-23-9-11-25(12-10-23)19(27)14-28-17-5-3-16(4-6-17)20-22-21-15-29-20/h3-6,15H,1-2,7-14H2. The van der Waals surface area contributed by atoms with E-state index in [1.807, 2.05) is 17.0 Å². The van der Waals surface area contributed by atoms with Crippen LogP contribution in [0.3, 0.4) is 0 Å². The largest absolute Gasteiger partial charge is 0.484 e. The first kappa shape index (κ1) is 19.4. The normalized spacial score (nSPS) is 17.5. The van der Waals surface area contributed by atoms with Crippen molar-refractivity contribution >= 4 is 11.8 Å². The Balaban J connectivity index is 1.19. The number of hydrogen-bond acceptors (Lipinski definition) is 7. The van der Waals surface area contributed by atoms with Gasteiger partial charge in [0.25, 0.3) is 5.91 Å². The number of piperazine rings is 1. The maximum atomic E-state index is 12.4. The second-order valence-electron chi connectivity index (χ2n) is 7.30. The molecule has 0 aliphatic carbocycles. The highest BCUT2D eigenvalue weighted by Gasteiger charge is 2.25. The van der Waals surface area contributed by atoms with E-state index in [1.54, 1.807) is 17.0 Å². The molecule has 1 aromatic heterocycles. The predicted octanol–water partition coefficient (Wildman–Crippen LogP) is 0.882. The Morgan fingerprint density at radius 3 is 2.28 bits per heavy atom. The molecule has 29 heavy (non-hydrogen) atoms. The van der Waals surface area contributed by atoms with Crippen LogP contribution in [-0.4, -0.2) is 89.1 Å². The summed E-state index contributed by atoms with van der Waals surface area (Å²) in [6.45, 7) is 4.86. The second kappa shape index (κ2) is 9.04. The SMILES string of the molecule is O=C(COc1ccc(-c2nnco2)cc1)N1CCN(CC(=O)N2CCCC2)CC1. The molecule has 0 saturated carbocycles. The Morgan fingerprint density at radius 1 is 0.931 bits per heavy atom. The van der Waals surface area contributed by atoms with E-state index in [0.29, 0.717) is 44.4 Å². The van der Waals surface area contributed by atoms with Crippen molar-refractivity contribution in [2.45, 2.75) is 12.8 Å². The first-order valence-corrected chi connectivity index (χ1v) is 9.96. The summed E-state index contributed by atoms with van der Waals surface area (Å²) in [4.78, 5) is 30.6. The molecule has 2 aromatic rings. The molecule has 0 unspecified atom stereocenters. The fourth-order valence-electron chi connectivity index (χ4n) is 3.64. The summed E-state index contributed by atoms with van der Waals surface area (Å²) in [6.07, 6.45) is 3.49. The summed E-state index contributed by atoms with van der Waals surface area (Å²) in [5.41, 5.74) is 0.792. The Kier molecular flexibility index (Phi) is 6.04. The Hall–Kier alpha value is -2.94. The molecule has 3 heterocycles. The first-order chi connectivity index (χ1) is 14.2. The number of hydrogen-bond donors (Lipinski definition) is 0. The molecule has 2 saturated heterocycles. The second-order valence-corrected chi connectivity index (χ2v) is 7.30. The highest BCUT2D eigenvalue weighted by molar-refractivity contribution is 5.79.